The molecule has 0 saturated carbocycles. The number of hydrogen-bond donors (Lipinski definition) is 2. The molecule has 1 heterocycles. The lowest BCUT2D eigenvalue weighted by Gasteiger charge is -2.21. The Labute approximate surface area is 147 Å². The van der Waals surface area contributed by atoms with Crippen molar-refractivity contribution in [2.45, 2.75) is 6.92 Å². The summed E-state index contributed by atoms with van der Waals surface area (Å²) < 4.78 is 5.23. The van der Waals surface area contributed by atoms with Gasteiger partial charge in [-0.15, -0.1) is 0 Å². The Hall–Kier alpha value is -3.49. The maximum absolute atomic E-state index is 12.1. The molecule has 1 amide bonds. The summed E-state index contributed by atoms with van der Waals surface area (Å²) in [7, 11) is 0. The van der Waals surface area contributed by atoms with Crippen molar-refractivity contribution in [1.82, 2.24) is 5.43 Å². The Morgan fingerprint density at radius 3 is 2.58 bits per heavy atom. The number of fused-ring (bicyclic) bond motifs is 1. The molecule has 3 rings (SSSR count). The molecular weight excluding hydrogens is 338 g/mol. The number of nitrogens with one attached hydrogen (secondary N) is 1. The third kappa shape index (κ3) is 3.61. The first-order valence-electron chi connectivity index (χ1n) is 7.60. The van der Waals surface area contributed by atoms with E-state index in [0.29, 0.717) is 5.58 Å². The first-order valence-corrected chi connectivity index (χ1v) is 7.60. The zero-order chi connectivity index (χ0) is 18.7. The summed E-state index contributed by atoms with van der Waals surface area (Å²) in [6, 6.07) is 14.0. The summed E-state index contributed by atoms with van der Waals surface area (Å²) in [6.07, 6.45) is 0. The molecule has 0 aliphatic carbocycles. The number of rotatable bonds is 4. The molecule has 0 bridgehead atoms. The van der Waals surface area contributed by atoms with Gasteiger partial charge in [-0.3, -0.25) is 10.0 Å². The molecular formula is C18H14N3O5-. The minimum Gasteiger partial charge on any atom is -0.733 e. The van der Waals surface area contributed by atoms with Crippen molar-refractivity contribution < 1.29 is 14.4 Å². The van der Waals surface area contributed by atoms with E-state index >= 15 is 0 Å². The second-order valence-electron chi connectivity index (χ2n) is 5.44. The van der Waals surface area contributed by atoms with Gasteiger partial charge in [0.2, 0.25) is 0 Å². The van der Waals surface area contributed by atoms with Crippen LogP contribution < -0.4 is 16.3 Å². The SMILES string of the molecule is CC(=NNC(=O)c1ccc(N([O-])O)cc1)c1cc2ccccc2oc1=O. The standard InChI is InChI=1S/C18H14N3O5/c1-11(15-10-13-4-2-3-5-16(13)26-18(15)23)19-20-17(22)12-6-8-14(9-7-12)21(24)25/h2-10,24H,1H3,(H,20,22)/q-1. The highest BCUT2D eigenvalue weighted by atomic mass is 16.8. The Kier molecular flexibility index (Phi) is 4.78. The normalized spacial score (nSPS) is 11.4. The Bertz CT molecular complexity index is 1040. The van der Waals surface area contributed by atoms with Crippen LogP contribution in [0.25, 0.3) is 11.0 Å². The lowest BCUT2D eigenvalue weighted by atomic mass is 10.1. The smallest absolute Gasteiger partial charge is 0.345 e. The number of nitrogens with zero attached hydrogens (tertiary/aromatic N) is 2. The zero-order valence-corrected chi connectivity index (χ0v) is 13.7. The molecule has 0 aliphatic rings. The van der Waals surface area contributed by atoms with Gasteiger partial charge in [0.25, 0.3) is 5.91 Å². The van der Waals surface area contributed by atoms with Crippen LogP contribution in [0.5, 0.6) is 0 Å². The molecule has 1 aromatic heterocycles. The number of amides is 1. The molecule has 2 N–H and O–H groups in total. The van der Waals surface area contributed by atoms with Gasteiger partial charge in [-0.05, 0) is 43.3 Å². The van der Waals surface area contributed by atoms with Crippen molar-refractivity contribution in [1.29, 1.82) is 0 Å². The van der Waals surface area contributed by atoms with Crippen molar-refractivity contribution in [2.75, 3.05) is 5.23 Å². The van der Waals surface area contributed by atoms with E-state index in [4.69, 9.17) is 9.62 Å². The molecule has 132 valence electrons. The number of hydrazone groups is 1. The van der Waals surface area contributed by atoms with Crippen molar-refractivity contribution in [3.8, 4) is 0 Å². The second kappa shape index (κ2) is 7.18. The number of carbonyl (C=O) groups excluding carboxylic acids is 1. The number of hydrogen-bond acceptors (Lipinski definition) is 7. The lowest BCUT2D eigenvalue weighted by Crippen LogP contribution is -2.21. The summed E-state index contributed by atoms with van der Waals surface area (Å²) in [4.78, 5) is 24.2. The highest BCUT2D eigenvalue weighted by molar-refractivity contribution is 6.02. The molecule has 0 aliphatic heterocycles. The van der Waals surface area contributed by atoms with Gasteiger partial charge in [0.15, 0.2) is 0 Å². The van der Waals surface area contributed by atoms with Gasteiger partial charge in [-0.2, -0.15) is 5.10 Å². The zero-order valence-electron chi connectivity index (χ0n) is 13.7. The minimum atomic E-state index is -0.554. The van der Waals surface area contributed by atoms with Crippen LogP contribution in [0.4, 0.5) is 5.69 Å². The fourth-order valence-corrected chi connectivity index (χ4v) is 2.31. The summed E-state index contributed by atoms with van der Waals surface area (Å²) in [6.45, 7) is 1.57. The Balaban J connectivity index is 1.80. The van der Waals surface area contributed by atoms with Crippen LogP contribution in [0.2, 0.25) is 0 Å². The number of anilines is 1. The van der Waals surface area contributed by atoms with Gasteiger partial charge in [-0.1, -0.05) is 18.2 Å². The average molecular weight is 352 g/mol. The van der Waals surface area contributed by atoms with Crippen LogP contribution in [0, 0.1) is 5.21 Å². The lowest BCUT2D eigenvalue weighted by molar-refractivity contribution is 0.0954. The van der Waals surface area contributed by atoms with E-state index in [1.54, 1.807) is 31.2 Å². The first-order chi connectivity index (χ1) is 12.5. The van der Waals surface area contributed by atoms with E-state index in [0.717, 1.165) is 5.39 Å². The predicted molar refractivity (Wildman–Crippen MR) is 96.2 cm³/mol. The number of benzene rings is 2. The maximum atomic E-state index is 12.1. The fourth-order valence-electron chi connectivity index (χ4n) is 2.31. The van der Waals surface area contributed by atoms with E-state index in [1.807, 2.05) is 6.07 Å². The topological polar surface area (TPSA) is 118 Å². The fraction of sp³-hybridized carbons (Fsp3) is 0.0556. The van der Waals surface area contributed by atoms with Crippen LogP contribution in [0.3, 0.4) is 0 Å². The summed E-state index contributed by atoms with van der Waals surface area (Å²) in [5.41, 5.74) is 3.00. The highest BCUT2D eigenvalue weighted by Crippen LogP contribution is 2.14. The molecule has 2 aromatic carbocycles. The van der Waals surface area contributed by atoms with E-state index in [-0.39, 0.29) is 27.8 Å². The van der Waals surface area contributed by atoms with Gasteiger partial charge in [-0.25, -0.2) is 10.2 Å². The summed E-state index contributed by atoms with van der Waals surface area (Å²) in [5.74, 6) is -0.531. The van der Waals surface area contributed by atoms with Crippen LogP contribution in [0.15, 0.2) is 68.9 Å². The minimum absolute atomic E-state index is 0.00463. The molecule has 0 spiro atoms. The Morgan fingerprint density at radius 1 is 1.19 bits per heavy atom. The third-order valence-electron chi connectivity index (χ3n) is 3.71. The number of carbonyl (C=O) groups is 1. The molecule has 8 heteroatoms. The molecule has 8 nitrogen and oxygen atoms in total. The molecule has 0 atom stereocenters. The molecule has 0 radical (unpaired) electrons. The molecule has 3 aromatic rings. The van der Waals surface area contributed by atoms with E-state index in [2.05, 4.69) is 10.5 Å². The van der Waals surface area contributed by atoms with E-state index in [9.17, 15) is 14.8 Å². The van der Waals surface area contributed by atoms with Gasteiger partial charge < -0.3 is 14.9 Å². The van der Waals surface area contributed by atoms with E-state index < -0.39 is 11.5 Å². The molecule has 26 heavy (non-hydrogen) atoms. The van der Waals surface area contributed by atoms with Crippen molar-refractivity contribution in [3.63, 3.8) is 0 Å². The second-order valence-corrected chi connectivity index (χ2v) is 5.44. The average Bonchev–Trinajstić information content (AvgIpc) is 2.65. The van der Waals surface area contributed by atoms with Gasteiger partial charge in [0.05, 0.1) is 17.0 Å². The molecule has 0 saturated heterocycles. The van der Waals surface area contributed by atoms with Gasteiger partial charge in [0, 0.05) is 10.9 Å². The third-order valence-corrected chi connectivity index (χ3v) is 3.71. The largest absolute Gasteiger partial charge is 0.733 e. The number of para-hydroxylation sites is 1. The predicted octanol–water partition coefficient (Wildman–Crippen LogP) is 2.64. The first kappa shape index (κ1) is 17.3. The monoisotopic (exact) mass is 352 g/mol. The van der Waals surface area contributed by atoms with Gasteiger partial charge >= 0.3 is 5.63 Å². The van der Waals surface area contributed by atoms with Crippen LogP contribution >= 0.6 is 0 Å². The van der Waals surface area contributed by atoms with Crippen molar-refractivity contribution in [2.24, 2.45) is 5.10 Å². The quantitative estimate of drug-likeness (QED) is 0.423. The van der Waals surface area contributed by atoms with Crippen LogP contribution in [-0.2, 0) is 0 Å². The molecule has 0 fully saturated rings. The summed E-state index contributed by atoms with van der Waals surface area (Å²) >= 11 is 0. The van der Waals surface area contributed by atoms with Gasteiger partial charge in [0.1, 0.15) is 5.58 Å². The van der Waals surface area contributed by atoms with Crippen LogP contribution in [0.1, 0.15) is 22.8 Å². The molecule has 0 unspecified atom stereocenters. The Morgan fingerprint density at radius 2 is 1.88 bits per heavy atom. The highest BCUT2D eigenvalue weighted by Gasteiger charge is 2.10. The van der Waals surface area contributed by atoms with Crippen molar-refractivity contribution in [3.05, 3.63) is 81.4 Å². The van der Waals surface area contributed by atoms with Crippen LogP contribution in [-0.4, -0.2) is 16.8 Å². The van der Waals surface area contributed by atoms with E-state index in [1.165, 1.54) is 24.3 Å². The maximum Gasteiger partial charge on any atom is 0.345 e. The van der Waals surface area contributed by atoms with Crippen molar-refractivity contribution >= 4 is 28.3 Å². The summed E-state index contributed by atoms with van der Waals surface area (Å²) in [5, 5.41) is 23.9.